The van der Waals surface area contributed by atoms with Crippen LogP contribution in [0.15, 0.2) is 42.5 Å². The predicted octanol–water partition coefficient (Wildman–Crippen LogP) is 2.67. The van der Waals surface area contributed by atoms with Gasteiger partial charge in [-0.25, -0.2) is 4.90 Å². The van der Waals surface area contributed by atoms with Gasteiger partial charge in [0.25, 0.3) is 17.7 Å². The van der Waals surface area contributed by atoms with E-state index in [-0.39, 0.29) is 29.8 Å². The van der Waals surface area contributed by atoms with Crippen LogP contribution in [0.5, 0.6) is 0 Å². The minimum absolute atomic E-state index is 0. The zero-order valence-electron chi connectivity index (χ0n) is 17.4. The molecule has 1 saturated heterocycles. The van der Waals surface area contributed by atoms with Crippen LogP contribution in [0, 0.1) is 6.92 Å². The molecule has 0 aromatic heterocycles. The van der Waals surface area contributed by atoms with Crippen molar-refractivity contribution < 1.29 is 19.1 Å². The molecule has 3 amide bonds. The molecule has 2 aromatic rings. The van der Waals surface area contributed by atoms with Gasteiger partial charge in [-0.05, 0) is 55.8 Å². The number of halogens is 1. The van der Waals surface area contributed by atoms with E-state index in [1.807, 2.05) is 19.1 Å². The van der Waals surface area contributed by atoms with Crippen LogP contribution in [0.25, 0.3) is 0 Å². The van der Waals surface area contributed by atoms with Crippen molar-refractivity contribution in [2.24, 2.45) is 0 Å². The Balaban J connectivity index is 0.00000272. The van der Waals surface area contributed by atoms with Gasteiger partial charge in [0.2, 0.25) is 0 Å². The second-order valence-electron chi connectivity index (χ2n) is 7.61. The molecule has 8 heteroatoms. The van der Waals surface area contributed by atoms with E-state index in [9.17, 15) is 14.4 Å². The third-order valence-corrected chi connectivity index (χ3v) is 5.45. The molecule has 164 valence electrons. The summed E-state index contributed by atoms with van der Waals surface area (Å²) in [6.45, 7) is 6.73. The van der Waals surface area contributed by atoms with E-state index in [1.54, 1.807) is 24.3 Å². The molecule has 0 spiro atoms. The zero-order chi connectivity index (χ0) is 21.1. The van der Waals surface area contributed by atoms with Crippen LogP contribution in [0.1, 0.15) is 43.1 Å². The van der Waals surface area contributed by atoms with Gasteiger partial charge in [0, 0.05) is 25.2 Å². The molecule has 0 saturated carbocycles. The summed E-state index contributed by atoms with van der Waals surface area (Å²) in [5, 5.41) is 2.90. The van der Waals surface area contributed by atoms with Gasteiger partial charge >= 0.3 is 0 Å². The standard InChI is InChI=1S/C23H25N3O4.ClH/c1-16-4-2-5-18(14-16)26-22(28)19-7-6-17(15-20(19)23(26)29)21(27)24-8-3-9-25-10-12-30-13-11-25;/h2,4-7,14-15H,3,8-13H2,1H3,(H,24,27);1H. The van der Waals surface area contributed by atoms with E-state index >= 15 is 0 Å². The van der Waals surface area contributed by atoms with Gasteiger partial charge in [0.15, 0.2) is 0 Å². The molecule has 0 aliphatic carbocycles. The van der Waals surface area contributed by atoms with Gasteiger partial charge in [-0.2, -0.15) is 0 Å². The van der Waals surface area contributed by atoms with Crippen molar-refractivity contribution in [1.82, 2.24) is 10.2 Å². The first-order chi connectivity index (χ1) is 14.5. The molecule has 0 bridgehead atoms. The van der Waals surface area contributed by atoms with Crippen molar-refractivity contribution in [3.05, 3.63) is 64.7 Å². The van der Waals surface area contributed by atoms with Gasteiger partial charge in [-0.3, -0.25) is 19.3 Å². The summed E-state index contributed by atoms with van der Waals surface area (Å²) in [5.41, 5.74) is 2.47. The van der Waals surface area contributed by atoms with Crippen LogP contribution >= 0.6 is 12.4 Å². The van der Waals surface area contributed by atoms with E-state index in [2.05, 4.69) is 10.2 Å². The molecule has 7 nitrogen and oxygen atoms in total. The summed E-state index contributed by atoms with van der Waals surface area (Å²) < 4.78 is 5.33. The highest BCUT2D eigenvalue weighted by Gasteiger charge is 2.37. The fraction of sp³-hybridized carbons (Fsp3) is 0.348. The lowest BCUT2D eigenvalue weighted by Gasteiger charge is -2.26. The molecular weight excluding hydrogens is 418 g/mol. The minimum atomic E-state index is -0.400. The van der Waals surface area contributed by atoms with E-state index in [0.29, 0.717) is 23.4 Å². The van der Waals surface area contributed by atoms with Crippen LogP contribution < -0.4 is 10.2 Å². The van der Waals surface area contributed by atoms with Crippen molar-refractivity contribution in [3.63, 3.8) is 0 Å². The number of fused-ring (bicyclic) bond motifs is 1. The summed E-state index contributed by atoms with van der Waals surface area (Å²) in [6.07, 6.45) is 0.842. The average Bonchev–Trinajstić information content (AvgIpc) is 3.01. The third kappa shape index (κ3) is 4.95. The third-order valence-electron chi connectivity index (χ3n) is 5.45. The van der Waals surface area contributed by atoms with Crippen LogP contribution in [-0.2, 0) is 4.74 Å². The number of imide groups is 1. The molecule has 1 fully saturated rings. The maximum Gasteiger partial charge on any atom is 0.266 e. The highest BCUT2D eigenvalue weighted by atomic mass is 35.5. The number of nitrogens with one attached hydrogen (secondary N) is 1. The maximum absolute atomic E-state index is 12.9. The van der Waals surface area contributed by atoms with Crippen molar-refractivity contribution in [2.75, 3.05) is 44.3 Å². The molecule has 2 aliphatic heterocycles. The molecule has 0 unspecified atom stereocenters. The first kappa shape index (κ1) is 22.9. The lowest BCUT2D eigenvalue weighted by molar-refractivity contribution is 0.0374. The number of aryl methyl sites for hydroxylation is 1. The summed E-state index contributed by atoms with van der Waals surface area (Å²) in [7, 11) is 0. The van der Waals surface area contributed by atoms with Gasteiger partial charge < -0.3 is 10.1 Å². The van der Waals surface area contributed by atoms with Crippen molar-refractivity contribution in [3.8, 4) is 0 Å². The van der Waals surface area contributed by atoms with Crippen molar-refractivity contribution in [2.45, 2.75) is 13.3 Å². The lowest BCUT2D eigenvalue weighted by Crippen LogP contribution is -2.38. The van der Waals surface area contributed by atoms with Crippen LogP contribution in [-0.4, -0.2) is 62.0 Å². The number of hydrogen-bond acceptors (Lipinski definition) is 5. The average molecular weight is 444 g/mol. The van der Waals surface area contributed by atoms with E-state index < -0.39 is 5.91 Å². The Labute approximate surface area is 187 Å². The molecule has 0 radical (unpaired) electrons. The summed E-state index contributed by atoms with van der Waals surface area (Å²) in [4.78, 5) is 41.6. The molecule has 0 atom stereocenters. The second kappa shape index (κ2) is 10.0. The molecule has 2 heterocycles. The Morgan fingerprint density at radius 2 is 1.77 bits per heavy atom. The summed E-state index contributed by atoms with van der Waals surface area (Å²) in [6, 6.07) is 11.9. The Morgan fingerprint density at radius 3 is 2.52 bits per heavy atom. The van der Waals surface area contributed by atoms with Crippen molar-refractivity contribution >= 4 is 35.8 Å². The van der Waals surface area contributed by atoms with Crippen LogP contribution in [0.2, 0.25) is 0 Å². The summed E-state index contributed by atoms with van der Waals surface area (Å²) >= 11 is 0. The number of ether oxygens (including phenoxy) is 1. The fourth-order valence-electron chi connectivity index (χ4n) is 3.82. The highest BCUT2D eigenvalue weighted by molar-refractivity contribution is 6.34. The van der Waals surface area contributed by atoms with Gasteiger partial charge in [0.05, 0.1) is 30.0 Å². The Kier molecular flexibility index (Phi) is 7.43. The minimum Gasteiger partial charge on any atom is -0.379 e. The molecule has 4 rings (SSSR count). The molecular formula is C23H26ClN3O4. The molecule has 2 aromatic carbocycles. The topological polar surface area (TPSA) is 79.0 Å². The van der Waals surface area contributed by atoms with E-state index in [0.717, 1.165) is 44.8 Å². The SMILES string of the molecule is Cc1cccc(N2C(=O)c3ccc(C(=O)NCCCN4CCOCC4)cc3C2=O)c1.Cl. The van der Waals surface area contributed by atoms with E-state index in [4.69, 9.17) is 4.74 Å². The largest absolute Gasteiger partial charge is 0.379 e. The monoisotopic (exact) mass is 443 g/mol. The Hall–Kier alpha value is -2.74. The normalized spacial score (nSPS) is 16.1. The second-order valence-corrected chi connectivity index (χ2v) is 7.61. The smallest absolute Gasteiger partial charge is 0.266 e. The number of anilines is 1. The Bertz CT molecular complexity index is 989. The number of morpholine rings is 1. The fourth-order valence-corrected chi connectivity index (χ4v) is 3.82. The maximum atomic E-state index is 12.9. The molecule has 2 aliphatic rings. The lowest BCUT2D eigenvalue weighted by atomic mass is 10.1. The van der Waals surface area contributed by atoms with Crippen LogP contribution in [0.3, 0.4) is 0 Å². The van der Waals surface area contributed by atoms with Gasteiger partial charge in [-0.15, -0.1) is 12.4 Å². The number of nitrogens with zero attached hydrogens (tertiary/aromatic N) is 2. The van der Waals surface area contributed by atoms with E-state index in [1.165, 1.54) is 11.0 Å². The zero-order valence-corrected chi connectivity index (χ0v) is 18.2. The molecule has 31 heavy (non-hydrogen) atoms. The molecule has 1 N–H and O–H groups in total. The number of hydrogen-bond donors (Lipinski definition) is 1. The Morgan fingerprint density at radius 1 is 1.03 bits per heavy atom. The number of amides is 3. The van der Waals surface area contributed by atoms with Crippen molar-refractivity contribution in [1.29, 1.82) is 0 Å². The number of benzene rings is 2. The number of rotatable bonds is 6. The van der Waals surface area contributed by atoms with Gasteiger partial charge in [-0.1, -0.05) is 12.1 Å². The first-order valence-corrected chi connectivity index (χ1v) is 10.2. The van der Waals surface area contributed by atoms with Crippen LogP contribution in [0.4, 0.5) is 5.69 Å². The number of carbonyl (C=O) groups is 3. The highest BCUT2D eigenvalue weighted by Crippen LogP contribution is 2.29. The number of carbonyl (C=O) groups excluding carboxylic acids is 3. The quantitative estimate of drug-likeness (QED) is 0.548. The summed E-state index contributed by atoms with van der Waals surface area (Å²) in [5.74, 6) is -1.00. The van der Waals surface area contributed by atoms with Gasteiger partial charge in [0.1, 0.15) is 0 Å². The first-order valence-electron chi connectivity index (χ1n) is 10.2. The predicted molar refractivity (Wildman–Crippen MR) is 120 cm³/mol.